The Balaban J connectivity index is 0.000000370. The highest BCUT2D eigenvalue weighted by Crippen LogP contribution is 2.32. The van der Waals surface area contributed by atoms with Crippen molar-refractivity contribution in [3.05, 3.63) is 83.5 Å². The minimum atomic E-state index is -5.19. The number of carboxylic acid groups (broad SMARTS) is 1. The van der Waals surface area contributed by atoms with Crippen molar-refractivity contribution in [2.75, 3.05) is 0 Å². The van der Waals surface area contributed by atoms with Gasteiger partial charge in [0.25, 0.3) is 0 Å². The van der Waals surface area contributed by atoms with Gasteiger partial charge in [0, 0.05) is 10.7 Å². The van der Waals surface area contributed by atoms with Crippen LogP contribution >= 0.6 is 67.8 Å². The lowest BCUT2D eigenvalue weighted by Gasteiger charge is -2.08. The first-order chi connectivity index (χ1) is 13.6. The van der Waals surface area contributed by atoms with Gasteiger partial charge in [0.1, 0.15) is 5.97 Å². The van der Waals surface area contributed by atoms with E-state index in [4.69, 9.17) is 9.90 Å². The molecular weight excluding hydrogens is 742 g/mol. The molecule has 0 aliphatic heterocycles. The van der Waals surface area contributed by atoms with Gasteiger partial charge < -0.3 is 9.90 Å². The third kappa shape index (κ3) is 7.90. The molecule has 0 aliphatic carbocycles. The fraction of sp³-hybridized carbons (Fsp3) is 0.0500. The Morgan fingerprint density at radius 1 is 0.655 bits per heavy atom. The van der Waals surface area contributed by atoms with Crippen molar-refractivity contribution in [1.29, 1.82) is 0 Å². The summed E-state index contributed by atoms with van der Waals surface area (Å²) in [4.78, 5) is 12.9. The van der Waals surface area contributed by atoms with Crippen LogP contribution in [-0.2, 0) is 15.7 Å². The molecule has 3 aromatic rings. The minimum Gasteiger partial charge on any atom is -0.542 e. The molecule has 152 valence electrons. The Morgan fingerprint density at radius 3 is 1.03 bits per heavy atom. The molecule has 3 rings (SSSR count). The lowest BCUT2D eigenvalue weighted by molar-refractivity contribution is -0.344. The highest BCUT2D eigenvalue weighted by molar-refractivity contribution is 14.1. The molecule has 0 bridgehead atoms. The van der Waals surface area contributed by atoms with Crippen molar-refractivity contribution in [2.45, 2.75) is 20.9 Å². The average Bonchev–Trinajstić information content (AvgIpc) is 2.66. The van der Waals surface area contributed by atoms with Crippen LogP contribution in [0.5, 0.6) is 0 Å². The number of hydrogen-bond donors (Lipinski definition) is 0. The van der Waals surface area contributed by atoms with Gasteiger partial charge in [0.2, 0.25) is 0 Å². The standard InChI is InChI=1S/C18H12I3S.C2HF3O2/c19-13-1-7-16(8-2-13)22(17-9-3-14(20)4-10-17)18-11-5-15(21)6-12-18;3-2(4,5)1(6)7/h1-12H;(H,6,7)/q+1;/p-1. The van der Waals surface area contributed by atoms with E-state index in [1.54, 1.807) is 0 Å². The van der Waals surface area contributed by atoms with Crippen LogP contribution in [-0.4, -0.2) is 12.1 Å². The molecular formula is C20H12F3I3O2S. The van der Waals surface area contributed by atoms with Crippen LogP contribution in [0.15, 0.2) is 87.5 Å². The van der Waals surface area contributed by atoms with Crippen LogP contribution in [0.3, 0.4) is 0 Å². The molecule has 2 nitrogen and oxygen atoms in total. The van der Waals surface area contributed by atoms with Gasteiger partial charge in [-0.25, -0.2) is 0 Å². The first-order valence-corrected chi connectivity index (χ1v) is 12.3. The number of carbonyl (C=O) groups excluding carboxylic acids is 1. The molecule has 29 heavy (non-hydrogen) atoms. The summed E-state index contributed by atoms with van der Waals surface area (Å²) >= 11 is 7.08. The molecule has 0 atom stereocenters. The summed E-state index contributed by atoms with van der Waals surface area (Å²) in [7, 11) is -0.0494. The summed E-state index contributed by atoms with van der Waals surface area (Å²) in [5, 5.41) is 8.78. The second-order valence-corrected chi connectivity index (χ2v) is 11.2. The van der Waals surface area contributed by atoms with Crippen molar-refractivity contribution in [2.24, 2.45) is 0 Å². The first kappa shape index (κ1) is 24.7. The maximum Gasteiger partial charge on any atom is 0.430 e. The number of aliphatic carboxylic acids is 1. The molecule has 0 aliphatic rings. The fourth-order valence-corrected chi connectivity index (χ4v) is 5.24. The second-order valence-electron chi connectivity index (χ2n) is 5.45. The Labute approximate surface area is 210 Å². The zero-order valence-electron chi connectivity index (χ0n) is 14.4. The minimum absolute atomic E-state index is 0.0494. The first-order valence-electron chi connectivity index (χ1n) is 7.87. The van der Waals surface area contributed by atoms with E-state index in [0.29, 0.717) is 0 Å². The van der Waals surface area contributed by atoms with Crippen molar-refractivity contribution in [3.8, 4) is 0 Å². The van der Waals surface area contributed by atoms with E-state index in [1.807, 2.05) is 0 Å². The van der Waals surface area contributed by atoms with E-state index in [1.165, 1.54) is 25.4 Å². The van der Waals surface area contributed by atoms with Crippen LogP contribution in [0.4, 0.5) is 13.2 Å². The SMILES string of the molecule is Ic1ccc([S+](c2ccc(I)cc2)c2ccc(I)cc2)cc1.O=C([O-])C(F)(F)F. The summed E-state index contributed by atoms with van der Waals surface area (Å²) < 4.78 is 35.4. The number of benzene rings is 3. The van der Waals surface area contributed by atoms with E-state index in [0.717, 1.165) is 0 Å². The summed E-state index contributed by atoms with van der Waals surface area (Å²) in [6.45, 7) is 0. The van der Waals surface area contributed by atoms with Gasteiger partial charge in [-0.3, -0.25) is 0 Å². The van der Waals surface area contributed by atoms with E-state index >= 15 is 0 Å². The monoisotopic (exact) mass is 754 g/mol. The molecule has 0 saturated heterocycles. The number of carboxylic acids is 1. The van der Waals surface area contributed by atoms with Gasteiger partial charge in [-0.05, 0) is 141 Å². The predicted octanol–water partition coefficient (Wildman–Crippen LogP) is 5.89. The Bertz CT molecular complexity index is 837. The molecule has 0 saturated carbocycles. The van der Waals surface area contributed by atoms with Crippen LogP contribution in [0, 0.1) is 10.7 Å². The lowest BCUT2D eigenvalue weighted by Crippen LogP contribution is -2.37. The number of carbonyl (C=O) groups is 1. The topological polar surface area (TPSA) is 40.1 Å². The van der Waals surface area contributed by atoms with Crippen molar-refractivity contribution in [3.63, 3.8) is 0 Å². The molecule has 0 heterocycles. The second kappa shape index (κ2) is 11.2. The number of alkyl halides is 3. The maximum absolute atomic E-state index is 10.5. The fourth-order valence-electron chi connectivity index (χ4n) is 2.12. The van der Waals surface area contributed by atoms with Crippen molar-refractivity contribution in [1.82, 2.24) is 0 Å². The lowest BCUT2D eigenvalue weighted by atomic mass is 10.4. The van der Waals surface area contributed by atoms with Gasteiger partial charge in [-0.1, -0.05) is 0 Å². The normalized spacial score (nSPS) is 11.0. The quantitative estimate of drug-likeness (QED) is 0.247. The molecule has 0 N–H and O–H groups in total. The average molecular weight is 754 g/mol. The zero-order valence-corrected chi connectivity index (χ0v) is 21.7. The molecule has 9 heteroatoms. The third-order valence-electron chi connectivity index (χ3n) is 3.38. The van der Waals surface area contributed by atoms with E-state index < -0.39 is 12.1 Å². The van der Waals surface area contributed by atoms with Gasteiger partial charge in [-0.2, -0.15) is 13.2 Å². The molecule has 0 unspecified atom stereocenters. The number of rotatable bonds is 3. The predicted molar refractivity (Wildman–Crippen MR) is 131 cm³/mol. The zero-order chi connectivity index (χ0) is 21.6. The van der Waals surface area contributed by atoms with E-state index in [2.05, 4.69) is 141 Å². The third-order valence-corrected chi connectivity index (χ3v) is 7.77. The molecule has 3 aromatic carbocycles. The van der Waals surface area contributed by atoms with Gasteiger partial charge in [0.05, 0.1) is 10.9 Å². The number of hydrogen-bond acceptors (Lipinski definition) is 2. The summed E-state index contributed by atoms with van der Waals surface area (Å²) in [6.07, 6.45) is -5.19. The van der Waals surface area contributed by atoms with Crippen LogP contribution < -0.4 is 5.11 Å². The van der Waals surface area contributed by atoms with Gasteiger partial charge >= 0.3 is 6.18 Å². The smallest absolute Gasteiger partial charge is 0.430 e. The van der Waals surface area contributed by atoms with Crippen LogP contribution in [0.1, 0.15) is 0 Å². The van der Waals surface area contributed by atoms with E-state index in [9.17, 15) is 13.2 Å². The van der Waals surface area contributed by atoms with Crippen molar-refractivity contribution < 1.29 is 23.1 Å². The molecule has 0 amide bonds. The maximum atomic E-state index is 10.5. The highest BCUT2D eigenvalue weighted by atomic mass is 127. The largest absolute Gasteiger partial charge is 0.542 e. The summed E-state index contributed by atoms with van der Waals surface area (Å²) in [6, 6.07) is 26.6. The van der Waals surface area contributed by atoms with Crippen molar-refractivity contribution >= 4 is 84.6 Å². The van der Waals surface area contributed by atoms with Crippen LogP contribution in [0.2, 0.25) is 0 Å². The van der Waals surface area contributed by atoms with Gasteiger partial charge in [0.15, 0.2) is 14.7 Å². The summed E-state index contributed by atoms with van der Waals surface area (Å²) in [5.74, 6) is -3.01. The molecule has 0 fully saturated rings. The summed E-state index contributed by atoms with van der Waals surface area (Å²) in [5.41, 5.74) is 0. The number of halogens is 6. The van der Waals surface area contributed by atoms with Crippen LogP contribution in [0.25, 0.3) is 0 Å². The van der Waals surface area contributed by atoms with E-state index in [-0.39, 0.29) is 10.9 Å². The molecule has 0 spiro atoms. The Kier molecular flexibility index (Phi) is 9.54. The van der Waals surface area contributed by atoms with Gasteiger partial charge in [-0.15, -0.1) is 0 Å². The Hall–Kier alpha value is -0.540. The Morgan fingerprint density at radius 2 is 0.862 bits per heavy atom. The highest BCUT2D eigenvalue weighted by Gasteiger charge is 2.29. The molecule has 0 aromatic heterocycles. The molecule has 0 radical (unpaired) electrons.